The average Bonchev–Trinajstić information content (AvgIpc) is 3.49. The van der Waals surface area contributed by atoms with E-state index < -0.39 is 5.82 Å². The fourth-order valence-corrected chi connectivity index (χ4v) is 6.87. The lowest BCUT2D eigenvalue weighted by molar-refractivity contribution is 0.0742. The molecular formula is C40H38FN11O3. The number of H-pyrrole nitrogens is 1. The van der Waals surface area contributed by atoms with E-state index in [1.165, 1.54) is 6.07 Å². The fraction of sp³-hybridized carbons (Fsp3) is 0.225. The zero-order chi connectivity index (χ0) is 38.1. The maximum absolute atomic E-state index is 15.0. The Hall–Kier alpha value is -6.74. The van der Waals surface area contributed by atoms with Crippen molar-refractivity contribution in [3.8, 4) is 5.82 Å². The van der Waals surface area contributed by atoms with Crippen LogP contribution in [-0.2, 0) is 13.0 Å². The van der Waals surface area contributed by atoms with Crippen molar-refractivity contribution in [2.24, 2.45) is 0 Å². The number of hydrogen-bond acceptors (Lipinski definition) is 10. The molecule has 1 saturated heterocycles. The summed E-state index contributed by atoms with van der Waals surface area (Å²) in [5.41, 5.74) is 3.10. The predicted octanol–water partition coefficient (Wildman–Crippen LogP) is 4.21. The second-order valence-electron chi connectivity index (χ2n) is 13.6. The molecule has 278 valence electrons. The SMILES string of the molecule is CN(C)CCn1c(=O)c2cnc(Nc3ccc(N4CCN(C(=O)c5cc(Cc6n[nH]c(=O)c7ccccc67)ccc5F)CC4)cc3)nc2n1-c1ccccn1. The molecule has 1 amide bonds. The Balaban J connectivity index is 0.935. The molecule has 15 heteroatoms. The van der Waals surface area contributed by atoms with E-state index in [0.29, 0.717) is 90.5 Å². The summed E-state index contributed by atoms with van der Waals surface area (Å²) in [5, 5.41) is 11.7. The van der Waals surface area contributed by atoms with Crippen molar-refractivity contribution >= 4 is 45.0 Å². The number of piperazine rings is 1. The van der Waals surface area contributed by atoms with Crippen molar-refractivity contribution < 1.29 is 9.18 Å². The minimum Gasteiger partial charge on any atom is -0.368 e. The molecule has 4 aromatic heterocycles. The number of amides is 1. The van der Waals surface area contributed by atoms with Crippen LogP contribution in [0.1, 0.15) is 21.6 Å². The third kappa shape index (κ3) is 7.16. The van der Waals surface area contributed by atoms with Crippen molar-refractivity contribution in [3.05, 3.63) is 141 Å². The topological polar surface area (TPSA) is 150 Å². The molecule has 1 aliphatic heterocycles. The zero-order valence-corrected chi connectivity index (χ0v) is 30.3. The second-order valence-corrected chi connectivity index (χ2v) is 13.6. The van der Waals surface area contributed by atoms with Crippen molar-refractivity contribution in [1.82, 2.24) is 44.3 Å². The van der Waals surface area contributed by atoms with Crippen LogP contribution in [0.4, 0.5) is 21.7 Å². The van der Waals surface area contributed by atoms with Crippen LogP contribution in [-0.4, -0.2) is 97.0 Å². The number of carbonyl (C=O) groups is 1. The molecule has 1 aliphatic rings. The lowest BCUT2D eigenvalue weighted by Gasteiger charge is -2.36. The highest BCUT2D eigenvalue weighted by molar-refractivity contribution is 5.95. The van der Waals surface area contributed by atoms with Gasteiger partial charge in [-0.25, -0.2) is 28.8 Å². The number of carbonyl (C=O) groups excluding carboxylic acids is 1. The molecule has 0 aliphatic carbocycles. The Bertz CT molecular complexity index is 2630. The summed E-state index contributed by atoms with van der Waals surface area (Å²) >= 11 is 0. The molecule has 5 heterocycles. The first kappa shape index (κ1) is 35.3. The van der Waals surface area contributed by atoms with E-state index in [1.54, 1.807) is 50.9 Å². The maximum atomic E-state index is 15.0. The number of aromatic amines is 1. The van der Waals surface area contributed by atoms with Crippen molar-refractivity contribution in [1.29, 1.82) is 0 Å². The molecule has 7 aromatic rings. The van der Waals surface area contributed by atoms with Crippen LogP contribution in [0.3, 0.4) is 0 Å². The number of pyridine rings is 1. The van der Waals surface area contributed by atoms with Crippen LogP contribution >= 0.6 is 0 Å². The molecular weight excluding hydrogens is 702 g/mol. The number of halogens is 1. The third-order valence-electron chi connectivity index (χ3n) is 9.76. The van der Waals surface area contributed by atoms with Gasteiger partial charge in [-0.3, -0.25) is 14.4 Å². The molecule has 3 aromatic carbocycles. The predicted molar refractivity (Wildman–Crippen MR) is 209 cm³/mol. The Morgan fingerprint density at radius 1 is 0.891 bits per heavy atom. The van der Waals surface area contributed by atoms with E-state index >= 15 is 4.39 Å². The Kier molecular flexibility index (Phi) is 9.59. The summed E-state index contributed by atoms with van der Waals surface area (Å²) in [4.78, 5) is 58.7. The standard InChI is InChI=1S/C40H38FN11O3/c1-48(2)17-22-51-39(55)32-25-43-40(45-36(32)52(51)35-9-5-6-16-42-35)44-27-11-13-28(14-12-27)49-18-20-50(21-19-49)38(54)31-23-26(10-15-33(31)41)24-34-29-7-3-4-8-30(29)37(53)47-46-34/h3-16,23,25H,17-22,24H2,1-2H3,(H,47,53)(H,43,44,45). The van der Waals surface area contributed by atoms with E-state index in [9.17, 15) is 14.4 Å². The first-order chi connectivity index (χ1) is 26.7. The van der Waals surface area contributed by atoms with Gasteiger partial charge in [-0.15, -0.1) is 0 Å². The molecule has 0 unspecified atom stereocenters. The highest BCUT2D eigenvalue weighted by Gasteiger charge is 2.25. The summed E-state index contributed by atoms with van der Waals surface area (Å²) in [7, 11) is 3.91. The van der Waals surface area contributed by atoms with Gasteiger partial charge >= 0.3 is 0 Å². The zero-order valence-electron chi connectivity index (χ0n) is 30.3. The molecule has 14 nitrogen and oxygen atoms in total. The van der Waals surface area contributed by atoms with Crippen molar-refractivity contribution in [2.75, 3.05) is 57.0 Å². The molecule has 8 rings (SSSR count). The smallest absolute Gasteiger partial charge is 0.278 e. The van der Waals surface area contributed by atoms with Crippen LogP contribution < -0.4 is 21.3 Å². The number of hydrogen-bond donors (Lipinski definition) is 2. The van der Waals surface area contributed by atoms with Crippen LogP contribution in [0.5, 0.6) is 0 Å². The van der Waals surface area contributed by atoms with Crippen LogP contribution in [0.15, 0.2) is 107 Å². The van der Waals surface area contributed by atoms with Crippen LogP contribution in [0.2, 0.25) is 0 Å². The lowest BCUT2D eigenvalue weighted by atomic mass is 10.0. The normalized spacial score (nSPS) is 13.2. The Morgan fingerprint density at radius 2 is 1.65 bits per heavy atom. The number of rotatable bonds is 10. The lowest BCUT2D eigenvalue weighted by Crippen LogP contribution is -2.49. The largest absolute Gasteiger partial charge is 0.368 e. The minimum atomic E-state index is -0.580. The summed E-state index contributed by atoms with van der Waals surface area (Å²) in [6.45, 7) is 3.10. The Labute approximate surface area is 314 Å². The number of benzene rings is 3. The summed E-state index contributed by atoms with van der Waals surface area (Å²) < 4.78 is 18.4. The van der Waals surface area contributed by atoms with E-state index in [2.05, 4.69) is 30.4 Å². The molecule has 2 N–H and O–H groups in total. The van der Waals surface area contributed by atoms with Gasteiger partial charge in [0.05, 0.1) is 23.2 Å². The first-order valence-corrected chi connectivity index (χ1v) is 17.9. The second kappa shape index (κ2) is 14.9. The molecule has 0 atom stereocenters. The molecule has 55 heavy (non-hydrogen) atoms. The number of likely N-dealkylation sites (N-methyl/N-ethyl adjacent to an activating group) is 1. The molecule has 0 saturated carbocycles. The van der Waals surface area contributed by atoms with Gasteiger partial charge in [0.25, 0.3) is 17.0 Å². The van der Waals surface area contributed by atoms with Gasteiger partial charge in [0.1, 0.15) is 11.2 Å². The number of nitrogens with one attached hydrogen (secondary N) is 2. The summed E-state index contributed by atoms with van der Waals surface area (Å²) in [6, 6.07) is 25.1. The quantitative estimate of drug-likeness (QED) is 0.209. The number of fused-ring (bicyclic) bond motifs is 2. The minimum absolute atomic E-state index is 0.0117. The van der Waals surface area contributed by atoms with Gasteiger partial charge < -0.3 is 20.0 Å². The van der Waals surface area contributed by atoms with Gasteiger partial charge in [0.2, 0.25) is 5.95 Å². The van der Waals surface area contributed by atoms with E-state index in [4.69, 9.17) is 4.98 Å². The number of aromatic nitrogens is 7. The van der Waals surface area contributed by atoms with Gasteiger partial charge in [0, 0.05) is 68.3 Å². The molecule has 1 fully saturated rings. The molecule has 0 radical (unpaired) electrons. The van der Waals surface area contributed by atoms with Crippen molar-refractivity contribution in [3.63, 3.8) is 0 Å². The third-order valence-corrected chi connectivity index (χ3v) is 9.76. The molecule has 0 bridgehead atoms. The van der Waals surface area contributed by atoms with Gasteiger partial charge in [-0.05, 0) is 74.3 Å². The maximum Gasteiger partial charge on any atom is 0.278 e. The number of nitrogens with zero attached hydrogens (tertiary/aromatic N) is 9. The van der Waals surface area contributed by atoms with E-state index in [-0.39, 0.29) is 22.6 Å². The summed E-state index contributed by atoms with van der Waals surface area (Å²) in [5.74, 6) is -0.0295. The Morgan fingerprint density at radius 3 is 2.40 bits per heavy atom. The van der Waals surface area contributed by atoms with Crippen molar-refractivity contribution in [2.45, 2.75) is 13.0 Å². The van der Waals surface area contributed by atoms with Gasteiger partial charge in [-0.1, -0.05) is 30.3 Å². The van der Waals surface area contributed by atoms with E-state index in [0.717, 1.165) is 11.4 Å². The average molecular weight is 740 g/mol. The summed E-state index contributed by atoms with van der Waals surface area (Å²) in [6.07, 6.45) is 3.55. The monoisotopic (exact) mass is 739 g/mol. The highest BCUT2D eigenvalue weighted by Crippen LogP contribution is 2.24. The number of anilines is 3. The van der Waals surface area contributed by atoms with Crippen LogP contribution in [0, 0.1) is 5.82 Å². The van der Waals surface area contributed by atoms with E-state index in [1.807, 2.05) is 73.6 Å². The molecule has 0 spiro atoms. The van der Waals surface area contributed by atoms with Gasteiger partial charge in [0.15, 0.2) is 11.5 Å². The van der Waals surface area contributed by atoms with Crippen LogP contribution in [0.25, 0.3) is 27.6 Å². The highest BCUT2D eigenvalue weighted by atomic mass is 19.1. The fourth-order valence-electron chi connectivity index (χ4n) is 6.87. The first-order valence-electron chi connectivity index (χ1n) is 17.9. The van der Waals surface area contributed by atoms with Gasteiger partial charge in [-0.2, -0.15) is 10.1 Å².